The van der Waals surface area contributed by atoms with Gasteiger partial charge in [-0.25, -0.2) is 0 Å². The highest BCUT2D eigenvalue weighted by Gasteiger charge is 2.26. The van der Waals surface area contributed by atoms with Crippen LogP contribution in [-0.2, 0) is 16.0 Å². The number of hydrogen-bond acceptors (Lipinski definition) is 5. The molecule has 31 heavy (non-hydrogen) atoms. The lowest BCUT2D eigenvalue weighted by atomic mass is 10.1. The van der Waals surface area contributed by atoms with Crippen LogP contribution in [0.1, 0.15) is 22.8 Å². The predicted octanol–water partition coefficient (Wildman–Crippen LogP) is 2.64. The average Bonchev–Trinajstić information content (AvgIpc) is 2.82. The van der Waals surface area contributed by atoms with E-state index in [2.05, 4.69) is 0 Å². The van der Waals surface area contributed by atoms with Gasteiger partial charge in [-0.3, -0.25) is 9.59 Å². The van der Waals surface area contributed by atoms with Gasteiger partial charge in [0.15, 0.2) is 0 Å². The molecule has 1 aliphatic heterocycles. The van der Waals surface area contributed by atoms with Gasteiger partial charge in [-0.05, 0) is 36.8 Å². The molecular formula is C24H30N2O5. The summed E-state index contributed by atoms with van der Waals surface area (Å²) in [5.74, 6) is 1.28. The van der Waals surface area contributed by atoms with Crippen molar-refractivity contribution in [3.8, 4) is 11.5 Å². The number of carbonyl (C=O) groups excluding carboxylic acids is 2. The summed E-state index contributed by atoms with van der Waals surface area (Å²) in [5.41, 5.74) is 1.45. The SMILES string of the molecule is CCOCCOc1ccccc1C(=O)N1CCN(C(=O)Cc2cccc(OC)c2)CC1. The molecule has 0 bridgehead atoms. The van der Waals surface area contributed by atoms with Crippen molar-refractivity contribution in [1.82, 2.24) is 9.80 Å². The Bertz CT molecular complexity index is 878. The average molecular weight is 427 g/mol. The Morgan fingerprint density at radius 1 is 0.935 bits per heavy atom. The summed E-state index contributed by atoms with van der Waals surface area (Å²) < 4.78 is 16.3. The lowest BCUT2D eigenvalue weighted by molar-refractivity contribution is -0.131. The Balaban J connectivity index is 1.54. The molecule has 0 saturated carbocycles. The summed E-state index contributed by atoms with van der Waals surface area (Å²) in [7, 11) is 1.61. The molecule has 2 amide bonds. The summed E-state index contributed by atoms with van der Waals surface area (Å²) in [6.45, 7) is 5.46. The molecule has 0 radical (unpaired) electrons. The number of piperazine rings is 1. The molecule has 1 saturated heterocycles. The molecule has 0 unspecified atom stereocenters. The molecular weight excluding hydrogens is 396 g/mol. The lowest BCUT2D eigenvalue weighted by Crippen LogP contribution is -2.51. The highest BCUT2D eigenvalue weighted by molar-refractivity contribution is 5.97. The van der Waals surface area contributed by atoms with E-state index in [-0.39, 0.29) is 11.8 Å². The number of methoxy groups -OCH3 is 1. The Morgan fingerprint density at radius 3 is 2.42 bits per heavy atom. The summed E-state index contributed by atoms with van der Waals surface area (Å²) in [6, 6.07) is 14.8. The van der Waals surface area contributed by atoms with Gasteiger partial charge in [0.05, 0.1) is 25.7 Å². The van der Waals surface area contributed by atoms with Gasteiger partial charge in [0.25, 0.3) is 5.91 Å². The number of carbonyl (C=O) groups is 2. The van der Waals surface area contributed by atoms with Crippen LogP contribution in [0.3, 0.4) is 0 Å². The Kier molecular flexibility index (Phi) is 8.29. The molecule has 7 heteroatoms. The number of benzene rings is 2. The topological polar surface area (TPSA) is 68.3 Å². The van der Waals surface area contributed by atoms with Gasteiger partial charge in [0.1, 0.15) is 18.1 Å². The molecule has 0 N–H and O–H groups in total. The van der Waals surface area contributed by atoms with Crippen LogP contribution in [0.15, 0.2) is 48.5 Å². The molecule has 0 aromatic heterocycles. The Morgan fingerprint density at radius 2 is 1.68 bits per heavy atom. The molecule has 2 aromatic carbocycles. The normalized spacial score (nSPS) is 13.7. The summed E-state index contributed by atoms with van der Waals surface area (Å²) in [4.78, 5) is 29.3. The molecule has 0 aliphatic carbocycles. The number of nitrogens with zero attached hydrogens (tertiary/aromatic N) is 2. The van der Waals surface area contributed by atoms with Crippen molar-refractivity contribution in [2.24, 2.45) is 0 Å². The minimum absolute atomic E-state index is 0.0556. The van der Waals surface area contributed by atoms with Crippen molar-refractivity contribution >= 4 is 11.8 Å². The van der Waals surface area contributed by atoms with Crippen LogP contribution >= 0.6 is 0 Å². The molecule has 1 fully saturated rings. The Hall–Kier alpha value is -3.06. The lowest BCUT2D eigenvalue weighted by Gasteiger charge is -2.35. The zero-order valence-corrected chi connectivity index (χ0v) is 18.2. The zero-order valence-electron chi connectivity index (χ0n) is 18.2. The first-order valence-electron chi connectivity index (χ1n) is 10.6. The molecule has 1 heterocycles. The fourth-order valence-corrected chi connectivity index (χ4v) is 3.52. The minimum Gasteiger partial charge on any atom is -0.497 e. The molecule has 2 aromatic rings. The fourth-order valence-electron chi connectivity index (χ4n) is 3.52. The summed E-state index contributed by atoms with van der Waals surface area (Å²) >= 11 is 0. The fraction of sp³-hybridized carbons (Fsp3) is 0.417. The van der Waals surface area contributed by atoms with E-state index in [1.54, 1.807) is 24.1 Å². The second-order valence-corrected chi connectivity index (χ2v) is 7.24. The van der Waals surface area contributed by atoms with Crippen molar-refractivity contribution < 1.29 is 23.8 Å². The van der Waals surface area contributed by atoms with E-state index in [9.17, 15) is 9.59 Å². The van der Waals surface area contributed by atoms with E-state index < -0.39 is 0 Å². The van der Waals surface area contributed by atoms with Crippen molar-refractivity contribution in [2.45, 2.75) is 13.3 Å². The molecule has 0 spiro atoms. The van der Waals surface area contributed by atoms with Gasteiger partial charge in [-0.15, -0.1) is 0 Å². The summed E-state index contributed by atoms with van der Waals surface area (Å²) in [6.07, 6.45) is 0.321. The molecule has 1 aliphatic rings. The van der Waals surface area contributed by atoms with Crippen LogP contribution in [0, 0.1) is 0 Å². The first-order valence-corrected chi connectivity index (χ1v) is 10.6. The van der Waals surface area contributed by atoms with E-state index in [1.165, 1.54) is 0 Å². The monoisotopic (exact) mass is 426 g/mol. The maximum absolute atomic E-state index is 13.0. The molecule has 3 rings (SSSR count). The quantitative estimate of drug-likeness (QED) is 0.577. The third kappa shape index (κ3) is 6.21. The third-order valence-corrected chi connectivity index (χ3v) is 5.22. The van der Waals surface area contributed by atoms with E-state index in [4.69, 9.17) is 14.2 Å². The van der Waals surface area contributed by atoms with Gasteiger partial charge in [0.2, 0.25) is 5.91 Å². The number of rotatable bonds is 9. The van der Waals surface area contributed by atoms with E-state index in [1.807, 2.05) is 48.2 Å². The standard InChI is InChI=1S/C24H30N2O5/c1-3-30-15-16-31-22-10-5-4-9-21(22)24(28)26-13-11-25(12-14-26)23(27)18-19-7-6-8-20(17-19)29-2/h4-10,17H,3,11-16,18H2,1-2H3. The second kappa shape index (κ2) is 11.4. The van der Waals surface area contributed by atoms with E-state index in [0.717, 1.165) is 11.3 Å². The third-order valence-electron chi connectivity index (χ3n) is 5.22. The van der Waals surface area contributed by atoms with Crippen molar-refractivity contribution in [3.05, 3.63) is 59.7 Å². The van der Waals surface area contributed by atoms with Crippen molar-refractivity contribution in [2.75, 3.05) is 53.1 Å². The van der Waals surface area contributed by atoms with Crippen LogP contribution in [-0.4, -0.2) is 74.7 Å². The highest BCUT2D eigenvalue weighted by Crippen LogP contribution is 2.21. The second-order valence-electron chi connectivity index (χ2n) is 7.24. The van der Waals surface area contributed by atoms with Crippen LogP contribution < -0.4 is 9.47 Å². The van der Waals surface area contributed by atoms with Crippen LogP contribution in [0.25, 0.3) is 0 Å². The number of ether oxygens (including phenoxy) is 3. The van der Waals surface area contributed by atoms with Crippen molar-refractivity contribution in [1.29, 1.82) is 0 Å². The largest absolute Gasteiger partial charge is 0.497 e. The molecule has 7 nitrogen and oxygen atoms in total. The smallest absolute Gasteiger partial charge is 0.257 e. The maximum Gasteiger partial charge on any atom is 0.257 e. The Labute approximate surface area is 183 Å². The highest BCUT2D eigenvalue weighted by atomic mass is 16.5. The van der Waals surface area contributed by atoms with Gasteiger partial charge >= 0.3 is 0 Å². The van der Waals surface area contributed by atoms with E-state index in [0.29, 0.717) is 63.7 Å². The first kappa shape index (κ1) is 22.6. The zero-order chi connectivity index (χ0) is 22.1. The minimum atomic E-state index is -0.0769. The van der Waals surface area contributed by atoms with Crippen LogP contribution in [0.4, 0.5) is 0 Å². The predicted molar refractivity (Wildman–Crippen MR) is 118 cm³/mol. The number of para-hydroxylation sites is 1. The maximum atomic E-state index is 13.0. The molecule has 166 valence electrons. The van der Waals surface area contributed by atoms with Crippen molar-refractivity contribution in [3.63, 3.8) is 0 Å². The first-order chi connectivity index (χ1) is 15.1. The summed E-state index contributed by atoms with van der Waals surface area (Å²) in [5, 5.41) is 0. The number of hydrogen-bond donors (Lipinski definition) is 0. The van der Waals surface area contributed by atoms with Gasteiger partial charge in [-0.2, -0.15) is 0 Å². The van der Waals surface area contributed by atoms with Gasteiger partial charge in [-0.1, -0.05) is 24.3 Å². The number of amides is 2. The molecule has 0 atom stereocenters. The van der Waals surface area contributed by atoms with E-state index >= 15 is 0 Å². The van der Waals surface area contributed by atoms with Crippen LogP contribution in [0.2, 0.25) is 0 Å². The van der Waals surface area contributed by atoms with Gasteiger partial charge in [0, 0.05) is 32.8 Å². The van der Waals surface area contributed by atoms with Gasteiger partial charge < -0.3 is 24.0 Å². The van der Waals surface area contributed by atoms with Crippen LogP contribution in [0.5, 0.6) is 11.5 Å².